The van der Waals surface area contributed by atoms with E-state index in [0.29, 0.717) is 12.2 Å². The highest BCUT2D eigenvalue weighted by atomic mass is 16.7. The third kappa shape index (κ3) is 2.66. The zero-order valence-electron chi connectivity index (χ0n) is 13.0. The van der Waals surface area contributed by atoms with E-state index in [-0.39, 0.29) is 0 Å². The van der Waals surface area contributed by atoms with Gasteiger partial charge in [0.15, 0.2) is 0 Å². The van der Waals surface area contributed by atoms with E-state index in [1.165, 1.54) is 0 Å². The summed E-state index contributed by atoms with van der Waals surface area (Å²) in [5, 5.41) is 29.9. The van der Waals surface area contributed by atoms with Crippen molar-refractivity contribution in [3.63, 3.8) is 0 Å². The fraction of sp³-hybridized carbons (Fsp3) is 0.529. The van der Waals surface area contributed by atoms with Crippen molar-refractivity contribution < 1.29 is 29.5 Å². The maximum absolute atomic E-state index is 10.5. The van der Waals surface area contributed by atoms with Crippen LogP contribution in [-0.2, 0) is 15.9 Å². The minimum atomic E-state index is -1.19. The Morgan fingerprint density at radius 1 is 1.30 bits per heavy atom. The first kappa shape index (κ1) is 16.4. The summed E-state index contributed by atoms with van der Waals surface area (Å²) in [4.78, 5) is 0. The second-order valence-electron chi connectivity index (χ2n) is 5.89. The summed E-state index contributed by atoms with van der Waals surface area (Å²) in [6, 6.07) is 5.71. The maximum atomic E-state index is 10.5. The molecule has 0 bridgehead atoms. The predicted molar refractivity (Wildman–Crippen MR) is 82.0 cm³/mol. The zero-order valence-corrected chi connectivity index (χ0v) is 13.0. The van der Waals surface area contributed by atoms with Crippen LogP contribution in [0.2, 0.25) is 0 Å². The molecule has 0 radical (unpaired) electrons. The number of rotatable bonds is 4. The molecule has 0 spiro atoms. The van der Waals surface area contributed by atoms with Crippen molar-refractivity contribution in [2.24, 2.45) is 5.92 Å². The first-order chi connectivity index (χ1) is 11.1. The Kier molecular flexibility index (Phi) is 4.70. The average Bonchev–Trinajstić information content (AvgIpc) is 2.57. The summed E-state index contributed by atoms with van der Waals surface area (Å²) in [5.74, 6) is 0.0741. The van der Waals surface area contributed by atoms with Crippen LogP contribution < -0.4 is 4.74 Å². The summed E-state index contributed by atoms with van der Waals surface area (Å²) in [6.45, 7) is 3.35. The number of methoxy groups -OCH3 is 1. The van der Waals surface area contributed by atoms with Crippen LogP contribution in [0.5, 0.6) is 5.75 Å². The van der Waals surface area contributed by atoms with Gasteiger partial charge in [-0.15, -0.1) is 6.58 Å². The number of hydrogen-bond donors (Lipinski definition) is 3. The van der Waals surface area contributed by atoms with Crippen LogP contribution >= 0.6 is 0 Å². The fourth-order valence-electron chi connectivity index (χ4n) is 3.43. The maximum Gasteiger partial charge on any atom is 0.208 e. The lowest BCUT2D eigenvalue weighted by Crippen LogP contribution is -2.60. The Morgan fingerprint density at radius 3 is 2.74 bits per heavy atom. The molecule has 0 amide bonds. The lowest BCUT2D eigenvalue weighted by Gasteiger charge is -2.47. The lowest BCUT2D eigenvalue weighted by atomic mass is 9.81. The molecule has 2 heterocycles. The molecule has 3 N–H and O–H groups in total. The molecule has 1 aromatic rings. The van der Waals surface area contributed by atoms with Crippen LogP contribution in [0.25, 0.3) is 0 Å². The number of allylic oxidation sites excluding steroid dienone is 1. The SMILES string of the molecule is C=CCc1cccc2c1O[C@@H]1O[C@H](CO)[C@@H](O)[C@H](O)[C@@H]1[C@@H]2OC. The van der Waals surface area contributed by atoms with Crippen LogP contribution in [0.4, 0.5) is 0 Å². The first-order valence-corrected chi connectivity index (χ1v) is 7.67. The van der Waals surface area contributed by atoms with Crippen molar-refractivity contribution in [1.82, 2.24) is 0 Å². The highest BCUT2D eigenvalue weighted by Crippen LogP contribution is 2.47. The first-order valence-electron chi connectivity index (χ1n) is 7.67. The Hall–Kier alpha value is -1.44. The summed E-state index contributed by atoms with van der Waals surface area (Å²) < 4.78 is 17.2. The van der Waals surface area contributed by atoms with Gasteiger partial charge >= 0.3 is 0 Å². The Balaban J connectivity index is 2.03. The Morgan fingerprint density at radius 2 is 2.09 bits per heavy atom. The van der Waals surface area contributed by atoms with E-state index in [1.54, 1.807) is 13.2 Å². The molecular weight excluding hydrogens is 300 g/mol. The quantitative estimate of drug-likeness (QED) is 0.702. The molecule has 6 atom stereocenters. The second-order valence-corrected chi connectivity index (χ2v) is 5.89. The van der Waals surface area contributed by atoms with E-state index in [9.17, 15) is 15.3 Å². The number of aliphatic hydroxyl groups is 3. The van der Waals surface area contributed by atoms with Gasteiger partial charge in [-0.25, -0.2) is 0 Å². The fourth-order valence-corrected chi connectivity index (χ4v) is 3.43. The third-order valence-corrected chi connectivity index (χ3v) is 4.56. The van der Waals surface area contributed by atoms with E-state index in [0.717, 1.165) is 11.1 Å². The van der Waals surface area contributed by atoms with E-state index in [2.05, 4.69) is 6.58 Å². The standard InChI is InChI=1S/C17H22O6/c1-3-5-9-6-4-7-10-15(9)23-17-12(16(10)21-2)14(20)13(19)11(8-18)22-17/h3-4,6-7,11-14,16-20H,1,5,8H2,2H3/t11-,12-,13-,14-,16-,17+/m1/s1. The molecule has 2 aliphatic heterocycles. The van der Waals surface area contributed by atoms with Gasteiger partial charge in [0.1, 0.15) is 18.0 Å². The number of benzene rings is 1. The molecule has 0 aromatic heterocycles. The average molecular weight is 322 g/mol. The van der Waals surface area contributed by atoms with Crippen LogP contribution in [0.3, 0.4) is 0 Å². The van der Waals surface area contributed by atoms with Gasteiger partial charge in [-0.2, -0.15) is 0 Å². The molecular formula is C17H22O6. The van der Waals surface area contributed by atoms with Gasteiger partial charge in [-0.1, -0.05) is 24.3 Å². The van der Waals surface area contributed by atoms with E-state index in [4.69, 9.17) is 14.2 Å². The predicted octanol–water partition coefficient (Wildman–Crippen LogP) is 0.550. The topological polar surface area (TPSA) is 88.4 Å². The van der Waals surface area contributed by atoms with E-state index < -0.39 is 43.2 Å². The van der Waals surface area contributed by atoms with Gasteiger partial charge in [0.2, 0.25) is 6.29 Å². The Bertz CT molecular complexity index is 574. The normalized spacial score (nSPS) is 35.8. The molecule has 126 valence electrons. The highest BCUT2D eigenvalue weighted by molar-refractivity contribution is 5.46. The molecule has 6 heteroatoms. The van der Waals surface area contributed by atoms with Crippen molar-refractivity contribution in [3.8, 4) is 5.75 Å². The minimum Gasteiger partial charge on any atom is -0.464 e. The zero-order chi connectivity index (χ0) is 16.6. The molecule has 6 nitrogen and oxygen atoms in total. The Labute approximate surface area is 134 Å². The summed E-state index contributed by atoms with van der Waals surface area (Å²) >= 11 is 0. The molecule has 3 rings (SSSR count). The summed E-state index contributed by atoms with van der Waals surface area (Å²) in [6.07, 6.45) is -2.06. The molecule has 1 aromatic carbocycles. The largest absolute Gasteiger partial charge is 0.464 e. The van der Waals surface area contributed by atoms with Crippen LogP contribution in [0.15, 0.2) is 30.9 Å². The van der Waals surface area contributed by atoms with Crippen molar-refractivity contribution >= 4 is 0 Å². The van der Waals surface area contributed by atoms with Gasteiger partial charge in [0.25, 0.3) is 0 Å². The second kappa shape index (κ2) is 6.59. The number of aliphatic hydroxyl groups excluding tert-OH is 3. The van der Waals surface area contributed by atoms with Crippen molar-refractivity contribution in [2.45, 2.75) is 37.1 Å². The van der Waals surface area contributed by atoms with Crippen molar-refractivity contribution in [2.75, 3.05) is 13.7 Å². The number of para-hydroxylation sites is 1. The molecule has 23 heavy (non-hydrogen) atoms. The molecule has 1 fully saturated rings. The molecule has 0 unspecified atom stereocenters. The summed E-state index contributed by atoms with van der Waals surface area (Å²) in [5.41, 5.74) is 1.76. The molecule has 0 saturated carbocycles. The minimum absolute atomic E-state index is 0.399. The highest BCUT2D eigenvalue weighted by Gasteiger charge is 2.52. The number of fused-ring (bicyclic) bond motifs is 2. The van der Waals surface area contributed by atoms with E-state index in [1.807, 2.05) is 18.2 Å². The lowest BCUT2D eigenvalue weighted by molar-refractivity contribution is -0.285. The van der Waals surface area contributed by atoms with Gasteiger partial charge in [-0.05, 0) is 12.0 Å². The van der Waals surface area contributed by atoms with Gasteiger partial charge < -0.3 is 29.5 Å². The van der Waals surface area contributed by atoms with Gasteiger partial charge in [-0.3, -0.25) is 0 Å². The molecule has 2 aliphatic rings. The van der Waals surface area contributed by atoms with Crippen LogP contribution in [-0.4, -0.2) is 53.6 Å². The van der Waals surface area contributed by atoms with Crippen molar-refractivity contribution in [1.29, 1.82) is 0 Å². The van der Waals surface area contributed by atoms with Crippen LogP contribution in [0.1, 0.15) is 17.2 Å². The summed E-state index contributed by atoms with van der Waals surface area (Å²) in [7, 11) is 1.55. The smallest absolute Gasteiger partial charge is 0.208 e. The number of hydrogen-bond acceptors (Lipinski definition) is 6. The van der Waals surface area contributed by atoms with Crippen molar-refractivity contribution in [3.05, 3.63) is 42.0 Å². The monoisotopic (exact) mass is 322 g/mol. The van der Waals surface area contributed by atoms with E-state index >= 15 is 0 Å². The number of ether oxygens (including phenoxy) is 3. The molecule has 1 saturated heterocycles. The van der Waals surface area contributed by atoms with Gasteiger partial charge in [0, 0.05) is 12.7 Å². The molecule has 0 aliphatic carbocycles. The van der Waals surface area contributed by atoms with Gasteiger partial charge in [0.05, 0.1) is 24.7 Å². The van der Waals surface area contributed by atoms with Crippen LogP contribution in [0, 0.1) is 5.92 Å². The third-order valence-electron chi connectivity index (χ3n) is 4.56.